The molecule has 4 nitrogen and oxygen atoms in total. The quantitative estimate of drug-likeness (QED) is 0.767. The predicted molar refractivity (Wildman–Crippen MR) is 96.6 cm³/mol. The van der Waals surface area contributed by atoms with Crippen LogP contribution in [0.2, 0.25) is 5.02 Å². The van der Waals surface area contributed by atoms with Crippen LogP contribution in [0.5, 0.6) is 0 Å². The number of halogens is 1. The molecule has 1 aliphatic heterocycles. The van der Waals surface area contributed by atoms with Gasteiger partial charge in [-0.2, -0.15) is 0 Å². The van der Waals surface area contributed by atoms with Crippen LogP contribution in [0.3, 0.4) is 0 Å². The van der Waals surface area contributed by atoms with E-state index in [2.05, 4.69) is 0 Å². The molecule has 1 heterocycles. The first kappa shape index (κ1) is 17.5. The van der Waals surface area contributed by atoms with Crippen molar-refractivity contribution in [3.8, 4) is 0 Å². The molecule has 24 heavy (non-hydrogen) atoms. The van der Waals surface area contributed by atoms with E-state index in [1.165, 1.54) is 0 Å². The zero-order valence-electron chi connectivity index (χ0n) is 13.5. The molecule has 1 amide bonds. The SMILES string of the molecule is O=C(C=Cc1ccc(Cl)cc1)N(C1CCCC1)C1CCS(=O)(=O)C1. The second kappa shape index (κ2) is 7.28. The van der Waals surface area contributed by atoms with Crippen LogP contribution in [-0.2, 0) is 14.6 Å². The lowest BCUT2D eigenvalue weighted by Gasteiger charge is -2.33. The summed E-state index contributed by atoms with van der Waals surface area (Å²) in [6, 6.07) is 7.26. The molecule has 2 aliphatic rings. The molecule has 0 spiro atoms. The smallest absolute Gasteiger partial charge is 0.247 e. The minimum Gasteiger partial charge on any atom is -0.332 e. The second-order valence-electron chi connectivity index (χ2n) is 6.63. The van der Waals surface area contributed by atoms with Crippen molar-refractivity contribution in [2.75, 3.05) is 11.5 Å². The molecule has 1 aromatic carbocycles. The summed E-state index contributed by atoms with van der Waals surface area (Å²) in [5.41, 5.74) is 0.901. The van der Waals surface area contributed by atoms with Crippen LogP contribution in [0, 0.1) is 0 Å². The fourth-order valence-electron chi connectivity index (χ4n) is 3.66. The lowest BCUT2D eigenvalue weighted by molar-refractivity contribution is -0.130. The Labute approximate surface area is 148 Å². The molecule has 1 atom stereocenters. The molecule has 0 N–H and O–H groups in total. The maximum absolute atomic E-state index is 12.8. The Balaban J connectivity index is 1.77. The summed E-state index contributed by atoms with van der Waals surface area (Å²) in [5.74, 6) is 0.206. The van der Waals surface area contributed by atoms with E-state index in [9.17, 15) is 13.2 Å². The molecule has 3 rings (SSSR count). The standard InChI is InChI=1S/C18H22ClNO3S/c19-15-8-5-14(6-9-15)7-10-18(21)20(16-3-1-2-4-16)17-11-12-24(22,23)13-17/h5-10,16-17H,1-4,11-13H2. The first-order chi connectivity index (χ1) is 11.4. The van der Waals surface area contributed by atoms with Gasteiger partial charge in [0.1, 0.15) is 0 Å². The van der Waals surface area contributed by atoms with Crippen molar-refractivity contribution in [3.63, 3.8) is 0 Å². The summed E-state index contributed by atoms with van der Waals surface area (Å²) in [7, 11) is -3.01. The molecule has 0 bridgehead atoms. The summed E-state index contributed by atoms with van der Waals surface area (Å²) in [6.07, 6.45) is 8.04. The highest BCUT2D eigenvalue weighted by Crippen LogP contribution is 2.29. The van der Waals surface area contributed by atoms with Gasteiger partial charge in [-0.1, -0.05) is 36.6 Å². The second-order valence-corrected chi connectivity index (χ2v) is 9.29. The Kier molecular flexibility index (Phi) is 5.30. The van der Waals surface area contributed by atoms with Crippen LogP contribution in [0.15, 0.2) is 30.3 Å². The number of carbonyl (C=O) groups excluding carboxylic acids is 1. The lowest BCUT2D eigenvalue weighted by Crippen LogP contribution is -2.46. The lowest BCUT2D eigenvalue weighted by atomic mass is 10.1. The first-order valence-electron chi connectivity index (χ1n) is 8.41. The molecule has 1 unspecified atom stereocenters. The molecule has 130 valence electrons. The van der Waals surface area contributed by atoms with Gasteiger partial charge in [0.15, 0.2) is 9.84 Å². The van der Waals surface area contributed by atoms with Crippen molar-refractivity contribution in [2.45, 2.75) is 44.2 Å². The van der Waals surface area contributed by atoms with Crippen LogP contribution in [0.25, 0.3) is 6.08 Å². The van der Waals surface area contributed by atoms with Gasteiger partial charge in [-0.3, -0.25) is 4.79 Å². The van der Waals surface area contributed by atoms with Crippen molar-refractivity contribution < 1.29 is 13.2 Å². The minimum atomic E-state index is -3.01. The number of hydrogen-bond acceptors (Lipinski definition) is 3. The van der Waals surface area contributed by atoms with E-state index in [1.54, 1.807) is 24.3 Å². The maximum atomic E-state index is 12.8. The number of rotatable bonds is 4. The molecule has 2 fully saturated rings. The number of nitrogens with zero attached hydrogens (tertiary/aromatic N) is 1. The van der Waals surface area contributed by atoms with Crippen LogP contribution in [0.1, 0.15) is 37.7 Å². The normalized spacial score (nSPS) is 23.8. The number of amides is 1. The Bertz CT molecular complexity index is 721. The first-order valence-corrected chi connectivity index (χ1v) is 10.6. The fourth-order valence-corrected chi connectivity index (χ4v) is 5.50. The average Bonchev–Trinajstić information content (AvgIpc) is 3.17. The van der Waals surface area contributed by atoms with Crippen molar-refractivity contribution in [1.29, 1.82) is 0 Å². The molecule has 1 aliphatic carbocycles. The van der Waals surface area contributed by atoms with Gasteiger partial charge in [0.25, 0.3) is 0 Å². The predicted octanol–water partition coefficient (Wildman–Crippen LogP) is 3.31. The van der Waals surface area contributed by atoms with Crippen LogP contribution >= 0.6 is 11.6 Å². The Hall–Kier alpha value is -1.33. The van der Waals surface area contributed by atoms with Gasteiger partial charge in [0, 0.05) is 23.2 Å². The molecular weight excluding hydrogens is 346 g/mol. The number of hydrogen-bond donors (Lipinski definition) is 0. The molecule has 1 aromatic rings. The highest BCUT2D eigenvalue weighted by molar-refractivity contribution is 7.91. The van der Waals surface area contributed by atoms with Gasteiger partial charge in [0.05, 0.1) is 11.5 Å². The van der Waals surface area contributed by atoms with Gasteiger partial charge in [-0.05, 0) is 43.0 Å². The third kappa shape index (κ3) is 4.19. The Morgan fingerprint density at radius 3 is 2.33 bits per heavy atom. The summed E-state index contributed by atoms with van der Waals surface area (Å²) < 4.78 is 23.7. The zero-order chi connectivity index (χ0) is 17.2. The van der Waals surface area contributed by atoms with Gasteiger partial charge < -0.3 is 4.90 Å². The number of sulfone groups is 1. The summed E-state index contributed by atoms with van der Waals surface area (Å²) >= 11 is 5.87. The van der Waals surface area contributed by atoms with E-state index >= 15 is 0 Å². The average molecular weight is 368 g/mol. The van der Waals surface area contributed by atoms with E-state index in [-0.39, 0.29) is 29.5 Å². The minimum absolute atomic E-state index is 0.0843. The van der Waals surface area contributed by atoms with E-state index in [0.717, 1.165) is 31.2 Å². The third-order valence-corrected chi connectivity index (χ3v) is 6.87. The van der Waals surface area contributed by atoms with Gasteiger partial charge in [-0.25, -0.2) is 8.42 Å². The van der Waals surface area contributed by atoms with E-state index < -0.39 is 9.84 Å². The fraction of sp³-hybridized carbons (Fsp3) is 0.500. The Morgan fingerprint density at radius 1 is 1.08 bits per heavy atom. The number of benzene rings is 1. The van der Waals surface area contributed by atoms with E-state index in [4.69, 9.17) is 11.6 Å². The highest BCUT2D eigenvalue weighted by atomic mass is 35.5. The van der Waals surface area contributed by atoms with Crippen LogP contribution < -0.4 is 0 Å². The Morgan fingerprint density at radius 2 is 1.75 bits per heavy atom. The molecule has 0 radical (unpaired) electrons. The largest absolute Gasteiger partial charge is 0.332 e. The molecule has 0 aromatic heterocycles. The van der Waals surface area contributed by atoms with Crippen molar-refractivity contribution in [1.82, 2.24) is 4.90 Å². The maximum Gasteiger partial charge on any atom is 0.247 e. The molecular formula is C18H22ClNO3S. The third-order valence-electron chi connectivity index (χ3n) is 4.86. The molecule has 6 heteroatoms. The van der Waals surface area contributed by atoms with Crippen LogP contribution in [-0.4, -0.2) is 42.8 Å². The monoisotopic (exact) mass is 367 g/mol. The summed E-state index contributed by atoms with van der Waals surface area (Å²) in [5, 5.41) is 0.655. The van der Waals surface area contributed by atoms with Crippen molar-refractivity contribution in [3.05, 3.63) is 40.9 Å². The van der Waals surface area contributed by atoms with E-state index in [1.807, 2.05) is 17.0 Å². The number of carbonyl (C=O) groups is 1. The van der Waals surface area contributed by atoms with Crippen LogP contribution in [0.4, 0.5) is 0 Å². The molecule has 1 saturated carbocycles. The van der Waals surface area contributed by atoms with Crippen molar-refractivity contribution in [2.24, 2.45) is 0 Å². The van der Waals surface area contributed by atoms with Gasteiger partial charge in [-0.15, -0.1) is 0 Å². The summed E-state index contributed by atoms with van der Waals surface area (Å²) in [6.45, 7) is 0. The summed E-state index contributed by atoms with van der Waals surface area (Å²) in [4.78, 5) is 14.6. The van der Waals surface area contributed by atoms with Gasteiger partial charge in [0.2, 0.25) is 5.91 Å². The van der Waals surface area contributed by atoms with Crippen molar-refractivity contribution >= 4 is 33.4 Å². The highest BCUT2D eigenvalue weighted by Gasteiger charge is 2.38. The topological polar surface area (TPSA) is 54.5 Å². The molecule has 1 saturated heterocycles. The zero-order valence-corrected chi connectivity index (χ0v) is 15.1. The van der Waals surface area contributed by atoms with E-state index in [0.29, 0.717) is 11.4 Å². The van der Waals surface area contributed by atoms with Gasteiger partial charge >= 0.3 is 0 Å².